The number of nitrogens with zero attached hydrogens (tertiary/aromatic N) is 1. The lowest BCUT2D eigenvalue weighted by Crippen LogP contribution is -1.96. The van der Waals surface area contributed by atoms with Crippen LogP contribution in [0.4, 0.5) is 0 Å². The van der Waals surface area contributed by atoms with Crippen LogP contribution in [0.25, 0.3) is 6.08 Å². The Morgan fingerprint density at radius 1 is 1.20 bits per heavy atom. The van der Waals surface area contributed by atoms with E-state index in [1.54, 1.807) is 30.3 Å². The quantitative estimate of drug-likeness (QED) is 0.613. The first kappa shape index (κ1) is 14.1. The maximum Gasteiger partial charge on any atom is 0.235 e. The fraction of sp³-hybridized carbons (Fsp3) is 0.0667. The molecule has 0 radical (unpaired) electrons. The van der Waals surface area contributed by atoms with Crippen molar-refractivity contribution < 1.29 is 9.66 Å². The van der Waals surface area contributed by atoms with Crippen LogP contribution in [0.2, 0.25) is 5.02 Å². The van der Waals surface area contributed by atoms with Crippen LogP contribution in [0.1, 0.15) is 11.1 Å². The summed E-state index contributed by atoms with van der Waals surface area (Å²) in [6.07, 6.45) is 2.32. The van der Waals surface area contributed by atoms with Crippen molar-refractivity contribution in [2.24, 2.45) is 0 Å². The van der Waals surface area contributed by atoms with Gasteiger partial charge in [0.15, 0.2) is 0 Å². The van der Waals surface area contributed by atoms with Crippen LogP contribution in [0.3, 0.4) is 0 Å². The van der Waals surface area contributed by atoms with Crippen molar-refractivity contribution in [1.29, 1.82) is 0 Å². The molecule has 0 bridgehead atoms. The molecule has 2 aromatic carbocycles. The number of rotatable bonds is 5. The Bertz CT molecular complexity index is 641. The van der Waals surface area contributed by atoms with Gasteiger partial charge < -0.3 is 4.74 Å². The molecule has 0 spiro atoms. The SMILES string of the molecule is O=[N+]([O-])/C=C/c1cccc(OCc2ccccc2Cl)c1. The highest BCUT2D eigenvalue weighted by molar-refractivity contribution is 6.31. The number of halogens is 1. The standard InChI is InChI=1S/C15H12ClNO3/c16-15-7-2-1-5-13(15)11-20-14-6-3-4-12(10-14)8-9-17(18)19/h1-10H,11H2/b9-8+. The maximum atomic E-state index is 10.3. The van der Waals surface area contributed by atoms with Gasteiger partial charge in [-0.05, 0) is 23.8 Å². The second kappa shape index (κ2) is 6.73. The summed E-state index contributed by atoms with van der Waals surface area (Å²) < 4.78 is 5.63. The van der Waals surface area contributed by atoms with Crippen molar-refractivity contribution >= 4 is 17.7 Å². The number of hydrogen-bond donors (Lipinski definition) is 0. The zero-order valence-corrected chi connectivity index (χ0v) is 11.3. The second-order valence-corrected chi connectivity index (χ2v) is 4.46. The van der Waals surface area contributed by atoms with E-state index < -0.39 is 4.92 Å². The smallest absolute Gasteiger partial charge is 0.235 e. The Labute approximate surface area is 121 Å². The number of hydrogen-bond acceptors (Lipinski definition) is 3. The van der Waals surface area contributed by atoms with Crippen molar-refractivity contribution in [1.82, 2.24) is 0 Å². The zero-order valence-electron chi connectivity index (χ0n) is 10.5. The van der Waals surface area contributed by atoms with E-state index in [9.17, 15) is 10.1 Å². The molecule has 0 aliphatic carbocycles. The van der Waals surface area contributed by atoms with Crippen molar-refractivity contribution in [3.8, 4) is 5.75 Å². The van der Waals surface area contributed by atoms with Crippen molar-refractivity contribution in [3.63, 3.8) is 0 Å². The monoisotopic (exact) mass is 289 g/mol. The first-order chi connectivity index (χ1) is 9.65. The van der Waals surface area contributed by atoms with Gasteiger partial charge in [-0.1, -0.05) is 41.9 Å². The molecule has 2 aromatic rings. The summed E-state index contributed by atoms with van der Waals surface area (Å²) in [5, 5.41) is 10.9. The van der Waals surface area contributed by atoms with Gasteiger partial charge in [-0.3, -0.25) is 10.1 Å². The molecule has 0 saturated heterocycles. The topological polar surface area (TPSA) is 52.4 Å². The van der Waals surface area contributed by atoms with E-state index in [1.807, 2.05) is 18.2 Å². The Morgan fingerprint density at radius 3 is 2.75 bits per heavy atom. The summed E-state index contributed by atoms with van der Waals surface area (Å²) >= 11 is 6.04. The average Bonchev–Trinajstić information content (AvgIpc) is 2.45. The van der Waals surface area contributed by atoms with Gasteiger partial charge in [0.05, 0.1) is 4.92 Å². The molecule has 4 nitrogen and oxygen atoms in total. The van der Waals surface area contributed by atoms with Gasteiger partial charge in [0, 0.05) is 16.7 Å². The second-order valence-electron chi connectivity index (χ2n) is 4.05. The van der Waals surface area contributed by atoms with Crippen LogP contribution in [-0.4, -0.2) is 4.92 Å². The summed E-state index contributed by atoms with van der Waals surface area (Å²) in [4.78, 5) is 9.78. The van der Waals surface area contributed by atoms with Gasteiger partial charge in [-0.25, -0.2) is 0 Å². The van der Waals surface area contributed by atoms with E-state index in [2.05, 4.69) is 0 Å². The third kappa shape index (κ3) is 4.10. The summed E-state index contributed by atoms with van der Waals surface area (Å²) in [6.45, 7) is 0.349. The predicted octanol–water partition coefficient (Wildman–Crippen LogP) is 4.17. The maximum absolute atomic E-state index is 10.3. The highest BCUT2D eigenvalue weighted by atomic mass is 35.5. The van der Waals surface area contributed by atoms with Crippen LogP contribution in [0.15, 0.2) is 54.7 Å². The molecule has 0 aliphatic rings. The minimum absolute atomic E-state index is 0.349. The van der Waals surface area contributed by atoms with Crippen LogP contribution < -0.4 is 4.74 Å². The van der Waals surface area contributed by atoms with Gasteiger partial charge >= 0.3 is 0 Å². The minimum atomic E-state index is -0.503. The molecule has 0 N–H and O–H groups in total. The molecular formula is C15H12ClNO3. The number of nitro groups is 1. The predicted molar refractivity (Wildman–Crippen MR) is 78.3 cm³/mol. The Morgan fingerprint density at radius 2 is 2.00 bits per heavy atom. The van der Waals surface area contributed by atoms with Crippen LogP contribution in [0, 0.1) is 10.1 Å². The molecule has 2 rings (SSSR count). The third-order valence-electron chi connectivity index (χ3n) is 2.60. The normalized spacial score (nSPS) is 10.7. The van der Waals surface area contributed by atoms with Gasteiger partial charge in [-0.2, -0.15) is 0 Å². The van der Waals surface area contributed by atoms with E-state index in [-0.39, 0.29) is 0 Å². The van der Waals surface area contributed by atoms with E-state index in [0.29, 0.717) is 22.9 Å². The molecule has 5 heteroatoms. The lowest BCUT2D eigenvalue weighted by atomic mass is 10.2. The Hall–Kier alpha value is -2.33. The molecule has 0 saturated carbocycles. The summed E-state index contributed by atoms with van der Waals surface area (Å²) in [5.41, 5.74) is 1.60. The van der Waals surface area contributed by atoms with Crippen molar-refractivity contribution in [2.75, 3.05) is 0 Å². The highest BCUT2D eigenvalue weighted by Crippen LogP contribution is 2.19. The van der Waals surface area contributed by atoms with Crippen molar-refractivity contribution in [3.05, 3.63) is 81.0 Å². The van der Waals surface area contributed by atoms with Crippen LogP contribution in [-0.2, 0) is 6.61 Å². The van der Waals surface area contributed by atoms with E-state index in [4.69, 9.17) is 16.3 Å². The van der Waals surface area contributed by atoms with Gasteiger partial charge in [0.25, 0.3) is 0 Å². The Balaban J connectivity index is 2.05. The zero-order chi connectivity index (χ0) is 14.4. The molecule has 0 unspecified atom stereocenters. The summed E-state index contributed by atoms with van der Waals surface area (Å²) in [5.74, 6) is 0.635. The molecule has 0 aliphatic heterocycles. The molecule has 0 amide bonds. The van der Waals surface area contributed by atoms with Gasteiger partial charge in [0.1, 0.15) is 12.4 Å². The Kier molecular flexibility index (Phi) is 4.74. The molecule has 0 heterocycles. The lowest BCUT2D eigenvalue weighted by molar-refractivity contribution is -0.400. The first-order valence-corrected chi connectivity index (χ1v) is 6.31. The van der Waals surface area contributed by atoms with Gasteiger partial charge in [0.2, 0.25) is 6.20 Å². The van der Waals surface area contributed by atoms with Crippen LogP contribution >= 0.6 is 11.6 Å². The molecule has 20 heavy (non-hydrogen) atoms. The van der Waals surface area contributed by atoms with E-state index in [0.717, 1.165) is 11.8 Å². The molecule has 0 aromatic heterocycles. The van der Waals surface area contributed by atoms with Crippen LogP contribution in [0.5, 0.6) is 5.75 Å². The van der Waals surface area contributed by atoms with E-state index in [1.165, 1.54) is 6.08 Å². The molecule has 0 fully saturated rings. The first-order valence-electron chi connectivity index (χ1n) is 5.93. The molecular weight excluding hydrogens is 278 g/mol. The fourth-order valence-corrected chi connectivity index (χ4v) is 1.82. The summed E-state index contributed by atoms with van der Waals surface area (Å²) in [7, 11) is 0. The minimum Gasteiger partial charge on any atom is -0.489 e. The highest BCUT2D eigenvalue weighted by Gasteiger charge is 2.01. The summed E-state index contributed by atoms with van der Waals surface area (Å²) in [6, 6.07) is 14.5. The fourth-order valence-electron chi connectivity index (χ4n) is 1.63. The van der Waals surface area contributed by atoms with Gasteiger partial charge in [-0.15, -0.1) is 0 Å². The van der Waals surface area contributed by atoms with E-state index >= 15 is 0 Å². The third-order valence-corrected chi connectivity index (χ3v) is 2.97. The molecule has 0 atom stereocenters. The lowest BCUT2D eigenvalue weighted by Gasteiger charge is -2.08. The number of ether oxygens (including phenoxy) is 1. The number of benzene rings is 2. The average molecular weight is 290 g/mol. The molecule has 102 valence electrons. The largest absolute Gasteiger partial charge is 0.489 e. The van der Waals surface area contributed by atoms with Crippen molar-refractivity contribution in [2.45, 2.75) is 6.61 Å².